The van der Waals surface area contributed by atoms with E-state index >= 15 is 0 Å². The number of aryl methyl sites for hydroxylation is 1. The molecule has 1 N–H and O–H groups in total. The van der Waals surface area contributed by atoms with Gasteiger partial charge in [-0.25, -0.2) is 8.42 Å². The first-order valence-corrected chi connectivity index (χ1v) is 11.1. The lowest BCUT2D eigenvalue weighted by atomic mass is 10.2. The molecule has 158 valence electrons. The molecular weight excluding hydrogens is 392 g/mol. The third-order valence-corrected chi connectivity index (χ3v) is 6.71. The summed E-state index contributed by atoms with van der Waals surface area (Å²) in [5, 5.41) is 10.7. The number of para-hydroxylation sites is 2. The van der Waals surface area contributed by atoms with Crippen molar-refractivity contribution in [3.05, 3.63) is 54.1 Å². The highest BCUT2D eigenvalue weighted by Crippen LogP contribution is 2.32. The number of anilines is 1. The number of aliphatic hydroxyl groups is 1. The Morgan fingerprint density at radius 1 is 1.14 bits per heavy atom. The standard InChI is InChI=1S/C21H28N2O5S/c1-17-7-9-19(10-8-17)29(25,26)23(20-5-3-4-6-21(20)27-2)16-18(24)15-22-11-13-28-14-12-22/h3-10,18,24H,11-16H2,1-2H3/t18-/m0/s1. The van der Waals surface area contributed by atoms with Crippen molar-refractivity contribution >= 4 is 15.7 Å². The van der Waals surface area contributed by atoms with Gasteiger partial charge in [-0.05, 0) is 31.2 Å². The van der Waals surface area contributed by atoms with Crippen LogP contribution in [-0.4, -0.2) is 71.0 Å². The monoisotopic (exact) mass is 420 g/mol. The molecule has 0 unspecified atom stereocenters. The summed E-state index contributed by atoms with van der Waals surface area (Å²) in [7, 11) is -2.39. The van der Waals surface area contributed by atoms with Gasteiger partial charge in [0.25, 0.3) is 10.0 Å². The molecule has 1 aliphatic heterocycles. The van der Waals surface area contributed by atoms with Gasteiger partial charge in [0.15, 0.2) is 0 Å². The first kappa shape index (κ1) is 21.6. The summed E-state index contributed by atoms with van der Waals surface area (Å²) in [6.07, 6.45) is -0.863. The van der Waals surface area contributed by atoms with Gasteiger partial charge in [-0.3, -0.25) is 9.21 Å². The molecule has 29 heavy (non-hydrogen) atoms. The van der Waals surface area contributed by atoms with Crippen molar-refractivity contribution in [1.82, 2.24) is 4.90 Å². The highest BCUT2D eigenvalue weighted by molar-refractivity contribution is 7.92. The number of methoxy groups -OCH3 is 1. The van der Waals surface area contributed by atoms with Crippen LogP contribution in [-0.2, 0) is 14.8 Å². The molecule has 2 aromatic rings. The van der Waals surface area contributed by atoms with E-state index in [1.54, 1.807) is 48.5 Å². The summed E-state index contributed by atoms with van der Waals surface area (Å²) in [5.74, 6) is 0.432. The van der Waals surface area contributed by atoms with E-state index in [1.165, 1.54) is 11.4 Å². The fraction of sp³-hybridized carbons (Fsp3) is 0.429. The fourth-order valence-corrected chi connectivity index (χ4v) is 4.84. The number of sulfonamides is 1. The maximum absolute atomic E-state index is 13.5. The Morgan fingerprint density at radius 3 is 2.45 bits per heavy atom. The van der Waals surface area contributed by atoms with Crippen molar-refractivity contribution in [1.29, 1.82) is 0 Å². The number of benzene rings is 2. The zero-order valence-corrected chi connectivity index (χ0v) is 17.6. The third kappa shape index (κ3) is 5.27. The van der Waals surface area contributed by atoms with Crippen LogP contribution < -0.4 is 9.04 Å². The van der Waals surface area contributed by atoms with E-state index in [0.29, 0.717) is 31.2 Å². The molecule has 0 saturated carbocycles. The minimum atomic E-state index is -3.89. The quantitative estimate of drug-likeness (QED) is 0.703. The van der Waals surface area contributed by atoms with Crippen molar-refractivity contribution in [2.24, 2.45) is 0 Å². The smallest absolute Gasteiger partial charge is 0.264 e. The summed E-state index contributed by atoms with van der Waals surface area (Å²) in [6, 6.07) is 13.6. The van der Waals surface area contributed by atoms with Gasteiger partial charge in [0.2, 0.25) is 0 Å². The number of nitrogens with zero attached hydrogens (tertiary/aromatic N) is 2. The zero-order valence-electron chi connectivity index (χ0n) is 16.8. The number of hydrogen-bond acceptors (Lipinski definition) is 6. The largest absolute Gasteiger partial charge is 0.495 e. The minimum absolute atomic E-state index is 0.0755. The molecule has 0 spiro atoms. The summed E-state index contributed by atoms with van der Waals surface area (Å²) in [5.41, 5.74) is 1.37. The van der Waals surface area contributed by atoms with Gasteiger partial charge in [-0.2, -0.15) is 0 Å². The molecule has 1 aliphatic rings. The average Bonchev–Trinajstić information content (AvgIpc) is 2.73. The van der Waals surface area contributed by atoms with Crippen LogP contribution >= 0.6 is 0 Å². The van der Waals surface area contributed by atoms with Crippen LogP contribution in [0.3, 0.4) is 0 Å². The molecule has 3 rings (SSSR count). The van der Waals surface area contributed by atoms with Crippen LogP contribution in [0.5, 0.6) is 5.75 Å². The molecular formula is C21H28N2O5S. The van der Waals surface area contributed by atoms with Crippen molar-refractivity contribution in [2.75, 3.05) is 50.8 Å². The molecule has 8 heteroatoms. The minimum Gasteiger partial charge on any atom is -0.495 e. The van der Waals surface area contributed by atoms with Gasteiger partial charge < -0.3 is 14.6 Å². The zero-order chi connectivity index (χ0) is 20.9. The molecule has 7 nitrogen and oxygen atoms in total. The Morgan fingerprint density at radius 2 is 1.79 bits per heavy atom. The Kier molecular flexibility index (Phi) is 7.13. The molecule has 0 radical (unpaired) electrons. The van der Waals surface area contributed by atoms with E-state index < -0.39 is 16.1 Å². The molecule has 1 fully saturated rings. The second-order valence-electron chi connectivity index (χ2n) is 7.09. The molecule has 2 aromatic carbocycles. The Balaban J connectivity index is 1.92. The number of morpholine rings is 1. The van der Waals surface area contributed by atoms with E-state index in [9.17, 15) is 13.5 Å². The van der Waals surface area contributed by atoms with Crippen molar-refractivity contribution in [3.8, 4) is 5.75 Å². The highest BCUT2D eigenvalue weighted by Gasteiger charge is 2.30. The SMILES string of the molecule is COc1ccccc1N(C[C@@H](O)CN1CCOCC1)S(=O)(=O)c1ccc(C)cc1. The van der Waals surface area contributed by atoms with E-state index in [2.05, 4.69) is 4.90 Å². The Hall–Kier alpha value is -2.13. The van der Waals surface area contributed by atoms with Crippen molar-refractivity contribution in [3.63, 3.8) is 0 Å². The molecule has 1 atom stereocenters. The van der Waals surface area contributed by atoms with E-state index in [0.717, 1.165) is 18.7 Å². The molecule has 1 heterocycles. The molecule has 0 aromatic heterocycles. The highest BCUT2D eigenvalue weighted by atomic mass is 32.2. The van der Waals surface area contributed by atoms with Gasteiger partial charge in [0, 0.05) is 19.6 Å². The molecule has 0 aliphatic carbocycles. The van der Waals surface area contributed by atoms with E-state index in [-0.39, 0.29) is 11.4 Å². The lowest BCUT2D eigenvalue weighted by Crippen LogP contribution is -2.46. The van der Waals surface area contributed by atoms with Crippen LogP contribution in [0, 0.1) is 6.92 Å². The number of ether oxygens (including phenoxy) is 2. The Labute approximate surface area is 172 Å². The maximum atomic E-state index is 13.5. The van der Waals surface area contributed by atoms with Gasteiger partial charge in [0.05, 0.1) is 43.6 Å². The lowest BCUT2D eigenvalue weighted by molar-refractivity contribution is 0.0166. The number of aliphatic hydroxyl groups excluding tert-OH is 1. The van der Waals surface area contributed by atoms with Crippen LogP contribution in [0.1, 0.15) is 5.56 Å². The first-order chi connectivity index (χ1) is 13.9. The van der Waals surface area contributed by atoms with Crippen LogP contribution in [0.15, 0.2) is 53.4 Å². The van der Waals surface area contributed by atoms with Gasteiger partial charge in [0.1, 0.15) is 5.75 Å². The van der Waals surface area contributed by atoms with E-state index in [1.807, 2.05) is 6.92 Å². The van der Waals surface area contributed by atoms with Crippen molar-refractivity contribution < 1.29 is 23.0 Å². The van der Waals surface area contributed by atoms with Crippen molar-refractivity contribution in [2.45, 2.75) is 17.9 Å². The molecule has 0 amide bonds. The topological polar surface area (TPSA) is 79.3 Å². The Bertz CT molecular complexity index is 896. The predicted octanol–water partition coefficient (Wildman–Crippen LogP) is 1.89. The van der Waals surface area contributed by atoms with Gasteiger partial charge >= 0.3 is 0 Å². The number of β-amino-alcohol motifs (C(OH)–C–C–N with tert-alkyl or cyclic N) is 1. The second-order valence-corrected chi connectivity index (χ2v) is 8.95. The predicted molar refractivity (Wildman–Crippen MR) is 112 cm³/mol. The van der Waals surface area contributed by atoms with Gasteiger partial charge in [-0.15, -0.1) is 0 Å². The second kappa shape index (κ2) is 9.58. The molecule has 1 saturated heterocycles. The first-order valence-electron chi connectivity index (χ1n) is 9.62. The summed E-state index contributed by atoms with van der Waals surface area (Å²) < 4.78 is 38.9. The van der Waals surface area contributed by atoms with Crippen LogP contribution in [0.4, 0.5) is 5.69 Å². The maximum Gasteiger partial charge on any atom is 0.264 e. The summed E-state index contributed by atoms with van der Waals surface area (Å²) >= 11 is 0. The average molecular weight is 421 g/mol. The van der Waals surface area contributed by atoms with E-state index in [4.69, 9.17) is 9.47 Å². The number of rotatable bonds is 8. The summed E-state index contributed by atoms with van der Waals surface area (Å²) in [6.45, 7) is 4.87. The molecule has 0 bridgehead atoms. The van der Waals surface area contributed by atoms with Crippen LogP contribution in [0.25, 0.3) is 0 Å². The third-order valence-electron chi connectivity index (χ3n) is 4.91. The van der Waals surface area contributed by atoms with Gasteiger partial charge in [-0.1, -0.05) is 29.8 Å². The van der Waals surface area contributed by atoms with Crippen LogP contribution in [0.2, 0.25) is 0 Å². The fourth-order valence-electron chi connectivity index (χ4n) is 3.33. The summed E-state index contributed by atoms with van der Waals surface area (Å²) in [4.78, 5) is 2.25. The number of hydrogen-bond donors (Lipinski definition) is 1. The normalized spacial score (nSPS) is 16.4. The lowest BCUT2D eigenvalue weighted by Gasteiger charge is -2.32.